The third-order valence-corrected chi connectivity index (χ3v) is 5.61. The van der Waals surface area contributed by atoms with Crippen molar-refractivity contribution >= 4 is 0 Å². The van der Waals surface area contributed by atoms with Gasteiger partial charge in [0.25, 0.3) is 0 Å². The topological polar surface area (TPSA) is 9.23 Å². The van der Waals surface area contributed by atoms with Gasteiger partial charge in [-0.05, 0) is 56.9 Å². The lowest BCUT2D eigenvalue weighted by molar-refractivity contribution is -0.132. The Kier molecular flexibility index (Phi) is 7.66. The highest BCUT2D eigenvalue weighted by Crippen LogP contribution is 2.36. The van der Waals surface area contributed by atoms with Gasteiger partial charge in [0, 0.05) is 0 Å². The molecule has 4 aromatic rings. The number of benzene rings is 4. The highest BCUT2D eigenvalue weighted by Gasteiger charge is 2.31. The molecule has 0 spiro atoms. The fourth-order valence-corrected chi connectivity index (χ4v) is 3.82. The van der Waals surface area contributed by atoms with E-state index < -0.39 is 0 Å². The van der Waals surface area contributed by atoms with Gasteiger partial charge < -0.3 is 4.74 Å². The third-order valence-electron chi connectivity index (χ3n) is 5.61. The summed E-state index contributed by atoms with van der Waals surface area (Å²) in [7, 11) is 0. The highest BCUT2D eigenvalue weighted by atomic mass is 16.5. The second kappa shape index (κ2) is 10.4. The van der Waals surface area contributed by atoms with Crippen molar-refractivity contribution in [1.29, 1.82) is 0 Å². The van der Waals surface area contributed by atoms with E-state index in [9.17, 15) is 0 Å². The minimum Gasteiger partial charge on any atom is -0.360 e. The minimum absolute atomic E-state index is 0.358. The van der Waals surface area contributed by atoms with E-state index in [0.29, 0.717) is 0 Å². The summed E-state index contributed by atoms with van der Waals surface area (Å²) < 4.78 is 6.54. The van der Waals surface area contributed by atoms with Gasteiger partial charge >= 0.3 is 0 Å². The molecular weight excluding hydrogens is 388 g/mol. The van der Waals surface area contributed by atoms with E-state index in [1.54, 1.807) is 0 Å². The molecule has 0 fully saturated rings. The molecule has 0 unspecified atom stereocenters. The van der Waals surface area contributed by atoms with E-state index in [0.717, 1.165) is 0 Å². The quantitative estimate of drug-likeness (QED) is 0.313. The van der Waals surface area contributed by atoms with Gasteiger partial charge in [0.1, 0.15) is 0 Å². The summed E-state index contributed by atoms with van der Waals surface area (Å²) in [6, 6.07) is 39.8. The summed E-state index contributed by atoms with van der Waals surface area (Å²) in [4.78, 5) is 0. The van der Waals surface area contributed by atoms with Gasteiger partial charge in [-0.25, -0.2) is 0 Å². The molecule has 0 aliphatic rings. The Hall–Kier alpha value is -3.16. The maximum absolute atomic E-state index is 6.54. The molecule has 1 nitrogen and oxygen atoms in total. The number of hydrogen-bond acceptors (Lipinski definition) is 1. The van der Waals surface area contributed by atoms with Crippen molar-refractivity contribution in [3.8, 4) is 11.1 Å². The fourth-order valence-electron chi connectivity index (χ4n) is 3.82. The van der Waals surface area contributed by atoms with E-state index in [1.807, 2.05) is 30.3 Å². The largest absolute Gasteiger partial charge is 0.360 e. The molecule has 0 amide bonds. The van der Waals surface area contributed by atoms with E-state index in [-0.39, 0.29) is 11.2 Å². The minimum atomic E-state index is -0.380. The maximum atomic E-state index is 6.54. The summed E-state index contributed by atoms with van der Waals surface area (Å²) in [6.07, 6.45) is 0. The van der Waals surface area contributed by atoms with Crippen LogP contribution in [-0.4, -0.2) is 0 Å². The normalized spacial score (nSPS) is 11.4. The molecule has 0 heterocycles. The van der Waals surface area contributed by atoms with Crippen molar-refractivity contribution in [1.82, 2.24) is 0 Å². The predicted octanol–water partition coefficient (Wildman–Crippen LogP) is 8.54. The van der Waals surface area contributed by atoms with Crippen molar-refractivity contribution in [2.75, 3.05) is 0 Å². The Morgan fingerprint density at radius 2 is 0.812 bits per heavy atom. The Morgan fingerprint density at radius 3 is 1.25 bits per heavy atom. The molecule has 0 atom stereocenters. The number of hydrogen-bond donors (Lipinski definition) is 0. The third kappa shape index (κ3) is 6.42. The first-order chi connectivity index (χ1) is 15.3. The Balaban J connectivity index is 0.000000352. The Morgan fingerprint density at radius 1 is 0.438 bits per heavy atom. The standard InChI is InChI=1S/C24H26O.C7H8/c1-23(2,21-13-9-6-10-14-21)25-24(3,4)22-17-15-20(16-18-22)19-11-7-5-8-12-19;1-7-5-3-2-4-6-7/h5-18H,1-4H3;2-6H,1H3. The summed E-state index contributed by atoms with van der Waals surface area (Å²) in [6.45, 7) is 10.6. The Labute approximate surface area is 193 Å². The van der Waals surface area contributed by atoms with Crippen molar-refractivity contribution in [3.05, 3.63) is 132 Å². The van der Waals surface area contributed by atoms with Crippen LogP contribution in [0.1, 0.15) is 44.4 Å². The number of aryl methyl sites for hydroxylation is 1. The zero-order valence-corrected chi connectivity index (χ0v) is 19.9. The Bertz CT molecular complexity index is 1060. The van der Waals surface area contributed by atoms with E-state index in [4.69, 9.17) is 4.74 Å². The van der Waals surface area contributed by atoms with Crippen LogP contribution in [0.15, 0.2) is 115 Å². The van der Waals surface area contributed by atoms with Crippen LogP contribution in [0.5, 0.6) is 0 Å². The van der Waals surface area contributed by atoms with Crippen LogP contribution in [0, 0.1) is 6.92 Å². The molecule has 164 valence electrons. The van der Waals surface area contributed by atoms with Crippen LogP contribution in [0.3, 0.4) is 0 Å². The monoisotopic (exact) mass is 422 g/mol. The maximum Gasteiger partial charge on any atom is 0.0887 e. The SMILES string of the molecule is CC(C)(OC(C)(C)c1ccc(-c2ccccc2)cc1)c1ccccc1.Cc1ccccc1. The average Bonchev–Trinajstić information content (AvgIpc) is 2.81. The molecule has 0 aliphatic carbocycles. The van der Waals surface area contributed by atoms with E-state index in [2.05, 4.69) is 120 Å². The van der Waals surface area contributed by atoms with Crippen LogP contribution in [0.25, 0.3) is 11.1 Å². The van der Waals surface area contributed by atoms with Crippen molar-refractivity contribution < 1.29 is 4.74 Å². The molecule has 1 heteroatoms. The summed E-state index contributed by atoms with van der Waals surface area (Å²) >= 11 is 0. The van der Waals surface area contributed by atoms with Gasteiger partial charge in [0.05, 0.1) is 11.2 Å². The fraction of sp³-hybridized carbons (Fsp3) is 0.226. The summed E-state index contributed by atoms with van der Waals surface area (Å²) in [5.41, 5.74) is 5.40. The van der Waals surface area contributed by atoms with E-state index >= 15 is 0 Å². The van der Waals surface area contributed by atoms with Crippen molar-refractivity contribution in [2.45, 2.75) is 45.8 Å². The highest BCUT2D eigenvalue weighted by molar-refractivity contribution is 5.63. The second-order valence-corrected chi connectivity index (χ2v) is 9.09. The van der Waals surface area contributed by atoms with Crippen LogP contribution in [-0.2, 0) is 15.9 Å². The number of ether oxygens (including phenoxy) is 1. The van der Waals surface area contributed by atoms with Crippen LogP contribution in [0.2, 0.25) is 0 Å². The van der Waals surface area contributed by atoms with Crippen LogP contribution < -0.4 is 0 Å². The molecule has 0 saturated carbocycles. The van der Waals surface area contributed by atoms with Gasteiger partial charge in [0.15, 0.2) is 0 Å². The molecule has 0 aliphatic heterocycles. The summed E-state index contributed by atoms with van der Waals surface area (Å²) in [5, 5.41) is 0. The van der Waals surface area contributed by atoms with Gasteiger partial charge in [-0.3, -0.25) is 0 Å². The van der Waals surface area contributed by atoms with E-state index in [1.165, 1.54) is 27.8 Å². The van der Waals surface area contributed by atoms with Crippen LogP contribution >= 0.6 is 0 Å². The lowest BCUT2D eigenvalue weighted by Crippen LogP contribution is -2.33. The zero-order chi connectivity index (χ0) is 23.0. The lowest BCUT2D eigenvalue weighted by Gasteiger charge is -2.37. The predicted molar refractivity (Wildman–Crippen MR) is 137 cm³/mol. The van der Waals surface area contributed by atoms with Gasteiger partial charge in [0.2, 0.25) is 0 Å². The molecule has 32 heavy (non-hydrogen) atoms. The number of rotatable bonds is 5. The molecule has 0 N–H and O–H groups in total. The average molecular weight is 423 g/mol. The van der Waals surface area contributed by atoms with Crippen molar-refractivity contribution in [3.63, 3.8) is 0 Å². The zero-order valence-electron chi connectivity index (χ0n) is 19.9. The lowest BCUT2D eigenvalue weighted by atomic mass is 9.92. The first-order valence-corrected chi connectivity index (χ1v) is 11.2. The van der Waals surface area contributed by atoms with Gasteiger partial charge in [-0.15, -0.1) is 0 Å². The summed E-state index contributed by atoms with van der Waals surface area (Å²) in [5.74, 6) is 0. The van der Waals surface area contributed by atoms with Crippen LogP contribution in [0.4, 0.5) is 0 Å². The smallest absolute Gasteiger partial charge is 0.0887 e. The van der Waals surface area contributed by atoms with Gasteiger partial charge in [-0.1, -0.05) is 121 Å². The molecular formula is C31H34O. The molecule has 0 aromatic heterocycles. The molecule has 4 aromatic carbocycles. The van der Waals surface area contributed by atoms with Gasteiger partial charge in [-0.2, -0.15) is 0 Å². The first kappa shape index (κ1) is 23.5. The molecule has 0 saturated heterocycles. The molecule has 4 rings (SSSR count). The molecule has 0 radical (unpaired) electrons. The first-order valence-electron chi connectivity index (χ1n) is 11.2. The molecule has 0 bridgehead atoms. The van der Waals surface area contributed by atoms with Crippen molar-refractivity contribution in [2.24, 2.45) is 0 Å². The second-order valence-electron chi connectivity index (χ2n) is 9.09.